The van der Waals surface area contributed by atoms with Crippen molar-refractivity contribution >= 4 is 28.3 Å². The number of thiophene rings is 1. The molecule has 1 amide bonds. The van der Waals surface area contributed by atoms with E-state index in [-0.39, 0.29) is 5.91 Å². The summed E-state index contributed by atoms with van der Waals surface area (Å²) in [5, 5.41) is 5.22. The van der Waals surface area contributed by atoms with Crippen LogP contribution in [0.25, 0.3) is 33.5 Å². The lowest BCUT2D eigenvalue weighted by atomic mass is 10.0. The van der Waals surface area contributed by atoms with E-state index >= 15 is 0 Å². The first-order valence-corrected chi connectivity index (χ1v) is 11.5. The van der Waals surface area contributed by atoms with Crippen molar-refractivity contribution in [3.63, 3.8) is 0 Å². The summed E-state index contributed by atoms with van der Waals surface area (Å²) >= 11 is 1.53. The minimum atomic E-state index is 0.0457. The minimum absolute atomic E-state index is 0.0457. The van der Waals surface area contributed by atoms with E-state index in [4.69, 9.17) is 0 Å². The van der Waals surface area contributed by atoms with Crippen LogP contribution in [0.1, 0.15) is 25.7 Å². The van der Waals surface area contributed by atoms with Gasteiger partial charge in [0.05, 0.1) is 22.5 Å². The Hall–Kier alpha value is -3.78. The Morgan fingerprint density at radius 2 is 1.97 bits per heavy atom. The first-order chi connectivity index (χ1) is 15.9. The molecule has 166 valence electrons. The van der Waals surface area contributed by atoms with Crippen molar-refractivity contribution in [1.29, 1.82) is 0 Å². The third kappa shape index (κ3) is 4.05. The van der Waals surface area contributed by atoms with Gasteiger partial charge in [-0.3, -0.25) is 9.48 Å². The zero-order valence-corrected chi connectivity index (χ0v) is 19.8. The van der Waals surface area contributed by atoms with Gasteiger partial charge in [0.15, 0.2) is 0 Å². The van der Waals surface area contributed by atoms with Gasteiger partial charge in [-0.05, 0) is 49.2 Å². The fourth-order valence-corrected chi connectivity index (χ4v) is 4.83. The standard InChI is InChI=1S/C25H24N6OS/c1-15-9-17(6-7-18(15)12-30(3)25(32)22-8-5-16(2)33-22)23-20-10-21(19-11-28-31(4)13-19)29-24(20)27-14-26-23/h5-11,13-14H,12H2,1-4H3,(H,26,27,29). The Bertz CT molecular complexity index is 1480. The second-order valence-corrected chi connectivity index (χ2v) is 9.57. The zero-order valence-electron chi connectivity index (χ0n) is 19.0. The minimum Gasteiger partial charge on any atom is -0.339 e. The van der Waals surface area contributed by atoms with Gasteiger partial charge in [-0.15, -0.1) is 11.3 Å². The number of H-pyrrole nitrogens is 1. The van der Waals surface area contributed by atoms with E-state index in [0.717, 1.165) is 54.4 Å². The van der Waals surface area contributed by atoms with Crippen molar-refractivity contribution in [3.05, 3.63) is 76.0 Å². The van der Waals surface area contributed by atoms with Gasteiger partial charge in [0, 0.05) is 48.2 Å². The molecule has 0 spiro atoms. The van der Waals surface area contributed by atoms with Crippen molar-refractivity contribution in [2.75, 3.05) is 7.05 Å². The molecule has 4 heterocycles. The zero-order chi connectivity index (χ0) is 23.1. The molecule has 0 aliphatic heterocycles. The lowest BCUT2D eigenvalue weighted by Crippen LogP contribution is -2.25. The van der Waals surface area contributed by atoms with Crippen LogP contribution in [0, 0.1) is 13.8 Å². The highest BCUT2D eigenvalue weighted by molar-refractivity contribution is 7.13. The molecule has 5 rings (SSSR count). The molecule has 1 N–H and O–H groups in total. The number of aryl methyl sites for hydroxylation is 3. The van der Waals surface area contributed by atoms with Gasteiger partial charge in [0.2, 0.25) is 0 Å². The first-order valence-electron chi connectivity index (χ1n) is 10.6. The number of nitrogens with zero attached hydrogens (tertiary/aromatic N) is 5. The molecule has 0 bridgehead atoms. The largest absolute Gasteiger partial charge is 0.339 e. The molecule has 7 nitrogen and oxygen atoms in total. The fourth-order valence-electron chi connectivity index (χ4n) is 3.97. The SMILES string of the molecule is Cc1ccc(C(=O)N(C)Cc2ccc(-c3ncnc4[nH]c(-c5cnn(C)c5)cc34)cc2C)s1. The highest BCUT2D eigenvalue weighted by atomic mass is 32.1. The molecule has 33 heavy (non-hydrogen) atoms. The highest BCUT2D eigenvalue weighted by Gasteiger charge is 2.16. The number of nitrogens with one attached hydrogen (secondary N) is 1. The van der Waals surface area contributed by atoms with E-state index in [9.17, 15) is 4.79 Å². The topological polar surface area (TPSA) is 79.7 Å². The second kappa shape index (κ2) is 8.29. The molecule has 0 unspecified atom stereocenters. The average molecular weight is 457 g/mol. The van der Waals surface area contributed by atoms with E-state index in [0.29, 0.717) is 6.54 Å². The van der Waals surface area contributed by atoms with Crippen LogP contribution in [-0.2, 0) is 13.6 Å². The van der Waals surface area contributed by atoms with Gasteiger partial charge < -0.3 is 9.88 Å². The Balaban J connectivity index is 1.43. The number of hydrogen-bond acceptors (Lipinski definition) is 5. The summed E-state index contributed by atoms with van der Waals surface area (Å²) in [5.41, 5.74) is 6.86. The van der Waals surface area contributed by atoms with E-state index in [1.165, 1.54) is 11.3 Å². The number of carbonyl (C=O) groups excluding carboxylic acids is 1. The monoisotopic (exact) mass is 456 g/mol. The van der Waals surface area contributed by atoms with Crippen molar-refractivity contribution in [1.82, 2.24) is 29.6 Å². The fraction of sp³-hybridized carbons (Fsp3) is 0.200. The number of rotatable bonds is 5. The number of carbonyl (C=O) groups is 1. The summed E-state index contributed by atoms with van der Waals surface area (Å²) in [6.07, 6.45) is 5.37. The lowest BCUT2D eigenvalue weighted by Gasteiger charge is -2.18. The number of benzene rings is 1. The van der Waals surface area contributed by atoms with Crippen molar-refractivity contribution in [2.45, 2.75) is 20.4 Å². The predicted octanol–water partition coefficient (Wildman–Crippen LogP) is 4.98. The summed E-state index contributed by atoms with van der Waals surface area (Å²) in [6, 6.07) is 12.2. The summed E-state index contributed by atoms with van der Waals surface area (Å²) in [4.78, 5) is 28.8. The molecule has 0 atom stereocenters. The molecule has 0 aliphatic carbocycles. The van der Waals surface area contributed by atoms with E-state index in [1.807, 2.05) is 45.5 Å². The summed E-state index contributed by atoms with van der Waals surface area (Å²) in [6.45, 7) is 4.64. The number of fused-ring (bicyclic) bond motifs is 1. The average Bonchev–Trinajstić information content (AvgIpc) is 3.53. The molecule has 0 saturated heterocycles. The molecule has 0 fully saturated rings. The van der Waals surface area contributed by atoms with Gasteiger partial charge in [0.1, 0.15) is 12.0 Å². The first kappa shape index (κ1) is 21.1. The van der Waals surface area contributed by atoms with Crippen molar-refractivity contribution in [2.24, 2.45) is 7.05 Å². The maximum Gasteiger partial charge on any atom is 0.263 e. The van der Waals surface area contributed by atoms with Crippen LogP contribution < -0.4 is 0 Å². The molecule has 4 aromatic heterocycles. The van der Waals surface area contributed by atoms with Crippen LogP contribution in [0.4, 0.5) is 0 Å². The summed E-state index contributed by atoms with van der Waals surface area (Å²) in [5.74, 6) is 0.0457. The molecule has 0 radical (unpaired) electrons. The molecular weight excluding hydrogens is 432 g/mol. The third-order valence-corrected chi connectivity index (χ3v) is 6.75. The van der Waals surface area contributed by atoms with Crippen LogP contribution in [0.5, 0.6) is 0 Å². The Morgan fingerprint density at radius 1 is 1.12 bits per heavy atom. The Labute approximate surface area is 195 Å². The quantitative estimate of drug-likeness (QED) is 0.405. The second-order valence-electron chi connectivity index (χ2n) is 8.28. The van der Waals surface area contributed by atoms with Crippen LogP contribution >= 0.6 is 11.3 Å². The van der Waals surface area contributed by atoms with Gasteiger partial charge in [-0.2, -0.15) is 5.10 Å². The Morgan fingerprint density at radius 3 is 2.67 bits per heavy atom. The highest BCUT2D eigenvalue weighted by Crippen LogP contribution is 2.31. The van der Waals surface area contributed by atoms with Crippen molar-refractivity contribution in [3.8, 4) is 22.5 Å². The maximum atomic E-state index is 12.7. The predicted molar refractivity (Wildman–Crippen MR) is 131 cm³/mol. The van der Waals surface area contributed by atoms with Gasteiger partial charge in [0.25, 0.3) is 5.91 Å². The molecule has 8 heteroatoms. The van der Waals surface area contributed by atoms with Crippen LogP contribution in [0.2, 0.25) is 0 Å². The molecule has 5 aromatic rings. The van der Waals surface area contributed by atoms with E-state index < -0.39 is 0 Å². The number of hydrogen-bond donors (Lipinski definition) is 1. The van der Waals surface area contributed by atoms with Crippen LogP contribution in [-0.4, -0.2) is 42.6 Å². The van der Waals surface area contributed by atoms with Crippen LogP contribution in [0.3, 0.4) is 0 Å². The molecule has 0 saturated carbocycles. The van der Waals surface area contributed by atoms with Crippen molar-refractivity contribution < 1.29 is 4.79 Å². The summed E-state index contributed by atoms with van der Waals surface area (Å²) < 4.78 is 1.77. The lowest BCUT2D eigenvalue weighted by molar-refractivity contribution is 0.0789. The normalized spacial score (nSPS) is 11.3. The van der Waals surface area contributed by atoms with E-state index in [2.05, 4.69) is 51.2 Å². The summed E-state index contributed by atoms with van der Waals surface area (Å²) in [7, 11) is 3.74. The van der Waals surface area contributed by atoms with Crippen LogP contribution in [0.15, 0.2) is 55.1 Å². The number of aromatic amines is 1. The third-order valence-electron chi connectivity index (χ3n) is 5.76. The van der Waals surface area contributed by atoms with Gasteiger partial charge in [-0.25, -0.2) is 9.97 Å². The molecular formula is C25H24N6OS. The maximum absolute atomic E-state index is 12.7. The number of amides is 1. The Kier molecular flexibility index (Phi) is 5.30. The molecule has 0 aliphatic rings. The van der Waals surface area contributed by atoms with Gasteiger partial charge in [-0.1, -0.05) is 12.1 Å². The molecule has 1 aromatic carbocycles. The van der Waals surface area contributed by atoms with E-state index in [1.54, 1.807) is 15.9 Å². The number of aromatic nitrogens is 5. The smallest absolute Gasteiger partial charge is 0.263 e. The van der Waals surface area contributed by atoms with Gasteiger partial charge >= 0.3 is 0 Å².